The molecule has 5 heteroatoms. The number of hydrogen-bond acceptors (Lipinski definition) is 4. The number of hydrogen-bond donors (Lipinski definition) is 2. The fourth-order valence-corrected chi connectivity index (χ4v) is 2.54. The maximum atomic E-state index is 11.7. The molecule has 0 aliphatic heterocycles. The molecule has 1 aromatic heterocycles. The first-order valence-corrected chi connectivity index (χ1v) is 7.61. The lowest BCUT2D eigenvalue weighted by molar-refractivity contribution is -0.119. The lowest BCUT2D eigenvalue weighted by atomic mass is 10.1. The second-order valence-electron chi connectivity index (χ2n) is 4.91. The van der Waals surface area contributed by atoms with Gasteiger partial charge in [-0.3, -0.25) is 4.79 Å². The van der Waals surface area contributed by atoms with Gasteiger partial charge >= 0.3 is 0 Å². The molecule has 110 valence electrons. The molecule has 0 atom stereocenters. The molecule has 1 amide bonds. The van der Waals surface area contributed by atoms with Crippen molar-refractivity contribution >= 4 is 29.1 Å². The van der Waals surface area contributed by atoms with E-state index in [1.807, 2.05) is 43.5 Å². The molecule has 0 bridgehead atoms. The maximum Gasteiger partial charge on any atom is 0.259 e. The lowest BCUT2D eigenvalue weighted by Crippen LogP contribution is -2.25. The summed E-state index contributed by atoms with van der Waals surface area (Å²) in [6.45, 7) is 6.32. The molecular formula is C16H19N3OS. The van der Waals surface area contributed by atoms with E-state index in [9.17, 15) is 4.79 Å². The van der Waals surface area contributed by atoms with Crippen LogP contribution < -0.4 is 10.7 Å². The van der Waals surface area contributed by atoms with Gasteiger partial charge in [-0.05, 0) is 61.0 Å². The average Bonchev–Trinajstić information content (AvgIpc) is 2.86. The van der Waals surface area contributed by atoms with Gasteiger partial charge in [0.1, 0.15) is 0 Å². The third-order valence-corrected chi connectivity index (χ3v) is 4.19. The molecule has 0 spiro atoms. The number of hydrazone groups is 1. The van der Waals surface area contributed by atoms with Crippen molar-refractivity contribution in [2.75, 3.05) is 11.9 Å². The molecule has 1 heterocycles. The second-order valence-corrected chi connectivity index (χ2v) is 5.86. The number of nitrogens with one attached hydrogen (secondary N) is 2. The number of carbonyl (C=O) groups excluding carboxylic acids is 1. The van der Waals surface area contributed by atoms with Crippen molar-refractivity contribution in [1.82, 2.24) is 5.43 Å². The molecular weight excluding hydrogens is 282 g/mol. The predicted octanol–water partition coefficient (Wildman–Crippen LogP) is 3.24. The zero-order valence-corrected chi connectivity index (χ0v) is 13.3. The topological polar surface area (TPSA) is 53.5 Å². The highest BCUT2D eigenvalue weighted by molar-refractivity contribution is 7.11. The Morgan fingerprint density at radius 2 is 2.00 bits per heavy atom. The zero-order chi connectivity index (χ0) is 15.2. The molecule has 1 aromatic carbocycles. The largest absolute Gasteiger partial charge is 0.376 e. The van der Waals surface area contributed by atoms with Crippen LogP contribution in [-0.4, -0.2) is 18.7 Å². The van der Waals surface area contributed by atoms with Crippen LogP contribution in [0, 0.1) is 20.8 Å². The summed E-state index contributed by atoms with van der Waals surface area (Å²) < 4.78 is 0. The zero-order valence-electron chi connectivity index (χ0n) is 12.4. The van der Waals surface area contributed by atoms with Crippen LogP contribution in [-0.2, 0) is 4.79 Å². The molecule has 2 aromatic rings. The van der Waals surface area contributed by atoms with Crippen LogP contribution in [0.3, 0.4) is 0 Å². The summed E-state index contributed by atoms with van der Waals surface area (Å²) in [4.78, 5) is 12.8. The fraction of sp³-hybridized carbons (Fsp3) is 0.250. The lowest BCUT2D eigenvalue weighted by Gasteiger charge is -2.07. The molecule has 2 N–H and O–H groups in total. The first kappa shape index (κ1) is 15.3. The summed E-state index contributed by atoms with van der Waals surface area (Å²) in [5.41, 5.74) is 7.05. The third-order valence-electron chi connectivity index (χ3n) is 3.23. The summed E-state index contributed by atoms with van der Waals surface area (Å²) in [7, 11) is 0. The van der Waals surface area contributed by atoms with Crippen molar-refractivity contribution in [3.8, 4) is 0 Å². The Bertz CT molecular complexity index is 661. The van der Waals surface area contributed by atoms with Gasteiger partial charge in [0.15, 0.2) is 0 Å². The highest BCUT2D eigenvalue weighted by Crippen LogP contribution is 2.14. The van der Waals surface area contributed by atoms with Crippen molar-refractivity contribution in [1.29, 1.82) is 0 Å². The minimum absolute atomic E-state index is 0.168. The molecule has 2 rings (SSSR count). The Balaban J connectivity index is 1.81. The van der Waals surface area contributed by atoms with E-state index in [0.29, 0.717) is 0 Å². The van der Waals surface area contributed by atoms with E-state index in [0.717, 1.165) is 16.1 Å². The molecule has 4 nitrogen and oxygen atoms in total. The van der Waals surface area contributed by atoms with Crippen LogP contribution in [0.25, 0.3) is 0 Å². The summed E-state index contributed by atoms with van der Waals surface area (Å²) in [5, 5.41) is 9.05. The molecule has 0 fully saturated rings. The first-order chi connectivity index (χ1) is 10.1. The molecule has 0 saturated carbocycles. The summed E-state index contributed by atoms with van der Waals surface area (Å²) in [5.74, 6) is -0.168. The smallest absolute Gasteiger partial charge is 0.259 e. The van der Waals surface area contributed by atoms with Crippen LogP contribution in [0.4, 0.5) is 5.69 Å². The van der Waals surface area contributed by atoms with Crippen LogP contribution >= 0.6 is 11.3 Å². The number of carbonyl (C=O) groups is 1. The Labute approximate surface area is 128 Å². The molecule has 0 aliphatic rings. The van der Waals surface area contributed by atoms with E-state index < -0.39 is 0 Å². The van der Waals surface area contributed by atoms with E-state index in [1.54, 1.807) is 17.6 Å². The van der Waals surface area contributed by atoms with Gasteiger partial charge in [-0.25, -0.2) is 5.43 Å². The molecule has 0 radical (unpaired) electrons. The average molecular weight is 301 g/mol. The Morgan fingerprint density at radius 3 is 2.67 bits per heavy atom. The molecule has 0 saturated heterocycles. The van der Waals surface area contributed by atoms with Gasteiger partial charge in [-0.1, -0.05) is 6.07 Å². The SMILES string of the molecule is Cc1ccc(NCC(=O)N/N=C\c2sccc2C)cc1C. The van der Waals surface area contributed by atoms with Gasteiger partial charge in [0.25, 0.3) is 5.91 Å². The van der Waals surface area contributed by atoms with Crippen LogP contribution in [0.2, 0.25) is 0 Å². The summed E-state index contributed by atoms with van der Waals surface area (Å²) >= 11 is 1.60. The van der Waals surface area contributed by atoms with Crippen molar-refractivity contribution in [3.05, 3.63) is 51.2 Å². The van der Waals surface area contributed by atoms with E-state index in [2.05, 4.69) is 22.8 Å². The van der Waals surface area contributed by atoms with Crippen molar-refractivity contribution in [2.45, 2.75) is 20.8 Å². The number of thiophene rings is 1. The van der Waals surface area contributed by atoms with Gasteiger partial charge in [0.2, 0.25) is 0 Å². The van der Waals surface area contributed by atoms with Gasteiger partial charge in [0.05, 0.1) is 12.8 Å². The minimum atomic E-state index is -0.168. The summed E-state index contributed by atoms with van der Waals surface area (Å²) in [6, 6.07) is 8.05. The van der Waals surface area contributed by atoms with Crippen molar-refractivity contribution < 1.29 is 4.79 Å². The fourth-order valence-electron chi connectivity index (χ4n) is 1.75. The highest BCUT2D eigenvalue weighted by Gasteiger charge is 2.01. The Morgan fingerprint density at radius 1 is 1.19 bits per heavy atom. The van der Waals surface area contributed by atoms with Crippen LogP contribution in [0.1, 0.15) is 21.6 Å². The van der Waals surface area contributed by atoms with Gasteiger partial charge < -0.3 is 5.32 Å². The predicted molar refractivity (Wildman–Crippen MR) is 89.2 cm³/mol. The first-order valence-electron chi connectivity index (χ1n) is 6.73. The normalized spacial score (nSPS) is 10.8. The number of anilines is 1. The number of nitrogens with zero attached hydrogens (tertiary/aromatic N) is 1. The second kappa shape index (κ2) is 7.04. The van der Waals surface area contributed by atoms with E-state index in [1.165, 1.54) is 11.1 Å². The minimum Gasteiger partial charge on any atom is -0.376 e. The van der Waals surface area contributed by atoms with E-state index in [-0.39, 0.29) is 12.5 Å². The monoisotopic (exact) mass is 301 g/mol. The van der Waals surface area contributed by atoms with E-state index in [4.69, 9.17) is 0 Å². The standard InChI is InChI=1S/C16H19N3OS/c1-11-4-5-14(8-13(11)3)17-10-16(20)19-18-9-15-12(2)6-7-21-15/h4-9,17H,10H2,1-3H3,(H,19,20)/b18-9-. The Kier molecular flexibility index (Phi) is 5.11. The molecule has 0 aliphatic carbocycles. The molecule has 21 heavy (non-hydrogen) atoms. The number of aryl methyl sites for hydroxylation is 3. The molecule has 0 unspecified atom stereocenters. The van der Waals surface area contributed by atoms with Gasteiger partial charge in [0, 0.05) is 10.6 Å². The van der Waals surface area contributed by atoms with Crippen LogP contribution in [0.15, 0.2) is 34.7 Å². The highest BCUT2D eigenvalue weighted by atomic mass is 32.1. The van der Waals surface area contributed by atoms with Gasteiger partial charge in [-0.2, -0.15) is 5.10 Å². The maximum absolute atomic E-state index is 11.7. The number of amides is 1. The number of rotatable bonds is 5. The van der Waals surface area contributed by atoms with Gasteiger partial charge in [-0.15, -0.1) is 11.3 Å². The third kappa shape index (κ3) is 4.43. The van der Waals surface area contributed by atoms with Crippen LogP contribution in [0.5, 0.6) is 0 Å². The van der Waals surface area contributed by atoms with Crippen molar-refractivity contribution in [3.63, 3.8) is 0 Å². The van der Waals surface area contributed by atoms with Crippen molar-refractivity contribution in [2.24, 2.45) is 5.10 Å². The summed E-state index contributed by atoms with van der Waals surface area (Å²) in [6.07, 6.45) is 1.67. The Hall–Kier alpha value is -2.14. The van der Waals surface area contributed by atoms with E-state index >= 15 is 0 Å². The quantitative estimate of drug-likeness (QED) is 0.658. The number of benzene rings is 1.